The fourth-order valence-electron chi connectivity index (χ4n) is 2.09. The monoisotopic (exact) mass is 181 g/mol. The number of ether oxygens (including phenoxy) is 1. The summed E-state index contributed by atoms with van der Waals surface area (Å²) in [5, 5.41) is 3.61. The average Bonchev–Trinajstić information content (AvgIpc) is 2.69. The van der Waals surface area contributed by atoms with Crippen LogP contribution in [0.1, 0.15) is 25.7 Å². The van der Waals surface area contributed by atoms with Gasteiger partial charge in [0, 0.05) is 19.2 Å². The topological polar surface area (TPSA) is 21.3 Å². The molecule has 2 rings (SSSR count). The highest BCUT2D eigenvalue weighted by Gasteiger charge is 2.16. The second-order valence-corrected chi connectivity index (χ2v) is 4.13. The average molecular weight is 181 g/mol. The highest BCUT2D eigenvalue weighted by molar-refractivity contribution is 4.97. The molecule has 2 nitrogen and oxygen atoms in total. The smallest absolute Gasteiger partial charge is 0.0506 e. The third-order valence-electron chi connectivity index (χ3n) is 2.96. The molecule has 0 amide bonds. The van der Waals surface area contributed by atoms with Gasteiger partial charge in [-0.05, 0) is 31.6 Å². The summed E-state index contributed by atoms with van der Waals surface area (Å²) in [4.78, 5) is 0. The van der Waals surface area contributed by atoms with E-state index in [0.717, 1.165) is 25.7 Å². The van der Waals surface area contributed by atoms with Crippen molar-refractivity contribution in [2.75, 3.05) is 19.8 Å². The van der Waals surface area contributed by atoms with Crippen LogP contribution in [0.4, 0.5) is 0 Å². The molecule has 1 N–H and O–H groups in total. The van der Waals surface area contributed by atoms with Crippen LogP contribution in [0, 0.1) is 5.92 Å². The van der Waals surface area contributed by atoms with Crippen LogP contribution in [0.2, 0.25) is 0 Å². The lowest BCUT2D eigenvalue weighted by molar-refractivity contribution is 0.0539. The van der Waals surface area contributed by atoms with Crippen LogP contribution >= 0.6 is 0 Å². The second-order valence-electron chi connectivity index (χ2n) is 4.13. The number of hydrogen-bond donors (Lipinski definition) is 1. The summed E-state index contributed by atoms with van der Waals surface area (Å²) < 4.78 is 5.44. The van der Waals surface area contributed by atoms with Crippen molar-refractivity contribution in [3.05, 3.63) is 12.2 Å². The Morgan fingerprint density at radius 2 is 2.15 bits per heavy atom. The van der Waals surface area contributed by atoms with E-state index in [-0.39, 0.29) is 0 Å². The normalized spacial score (nSPS) is 29.7. The molecule has 1 aliphatic heterocycles. The molecule has 1 heterocycles. The first-order valence-corrected chi connectivity index (χ1v) is 5.41. The number of rotatable bonds is 3. The summed E-state index contributed by atoms with van der Waals surface area (Å²) >= 11 is 0. The van der Waals surface area contributed by atoms with Gasteiger partial charge >= 0.3 is 0 Å². The summed E-state index contributed by atoms with van der Waals surface area (Å²) in [7, 11) is 0. The summed E-state index contributed by atoms with van der Waals surface area (Å²) in [6.45, 7) is 3.08. The lowest BCUT2D eigenvalue weighted by atomic mass is 10.0. The molecule has 0 aromatic carbocycles. The molecule has 1 unspecified atom stereocenters. The first-order chi connectivity index (χ1) is 6.45. The lowest BCUT2D eigenvalue weighted by Crippen LogP contribution is -2.34. The molecular formula is C11H19NO. The number of hydrogen-bond acceptors (Lipinski definition) is 2. The van der Waals surface area contributed by atoms with E-state index in [1.165, 1.54) is 25.7 Å². The van der Waals surface area contributed by atoms with Gasteiger partial charge < -0.3 is 10.1 Å². The van der Waals surface area contributed by atoms with Gasteiger partial charge in [-0.1, -0.05) is 12.2 Å². The minimum atomic E-state index is 0.710. The van der Waals surface area contributed by atoms with Gasteiger partial charge in [0.15, 0.2) is 0 Å². The second kappa shape index (κ2) is 4.77. The van der Waals surface area contributed by atoms with E-state index >= 15 is 0 Å². The lowest BCUT2D eigenvalue weighted by Gasteiger charge is -2.24. The van der Waals surface area contributed by atoms with Gasteiger partial charge in [0.2, 0.25) is 0 Å². The molecule has 1 fully saturated rings. The van der Waals surface area contributed by atoms with Gasteiger partial charge in [0.25, 0.3) is 0 Å². The maximum Gasteiger partial charge on any atom is 0.0506 e. The molecule has 74 valence electrons. The molecule has 0 bridgehead atoms. The Morgan fingerprint density at radius 1 is 1.31 bits per heavy atom. The van der Waals surface area contributed by atoms with E-state index in [0.29, 0.717) is 6.04 Å². The van der Waals surface area contributed by atoms with Crippen LogP contribution in [0.15, 0.2) is 12.2 Å². The molecule has 2 aliphatic rings. The van der Waals surface area contributed by atoms with E-state index in [1.807, 2.05) is 0 Å². The molecule has 0 spiro atoms. The Morgan fingerprint density at radius 3 is 2.85 bits per heavy atom. The van der Waals surface area contributed by atoms with Gasteiger partial charge in [-0.3, -0.25) is 0 Å². The fourth-order valence-corrected chi connectivity index (χ4v) is 2.09. The van der Waals surface area contributed by atoms with Crippen LogP contribution in [-0.2, 0) is 4.74 Å². The fraction of sp³-hybridized carbons (Fsp3) is 0.818. The molecular weight excluding hydrogens is 162 g/mol. The van der Waals surface area contributed by atoms with Crippen molar-refractivity contribution in [3.8, 4) is 0 Å². The number of nitrogens with one attached hydrogen (secondary N) is 1. The largest absolute Gasteiger partial charge is 0.381 e. The quantitative estimate of drug-likeness (QED) is 0.669. The van der Waals surface area contributed by atoms with E-state index < -0.39 is 0 Å². The third-order valence-corrected chi connectivity index (χ3v) is 2.96. The SMILES string of the molecule is C1=CCC(NCC2CCCOC2)C1. The zero-order valence-electron chi connectivity index (χ0n) is 8.17. The van der Waals surface area contributed by atoms with Gasteiger partial charge in [-0.15, -0.1) is 0 Å². The predicted molar refractivity (Wildman–Crippen MR) is 53.7 cm³/mol. The summed E-state index contributed by atoms with van der Waals surface area (Å²) in [6.07, 6.45) is 9.56. The zero-order valence-corrected chi connectivity index (χ0v) is 8.17. The first kappa shape index (κ1) is 9.22. The van der Waals surface area contributed by atoms with Crippen molar-refractivity contribution in [1.29, 1.82) is 0 Å². The zero-order chi connectivity index (χ0) is 8.93. The highest BCUT2D eigenvalue weighted by atomic mass is 16.5. The van der Waals surface area contributed by atoms with Crippen molar-refractivity contribution >= 4 is 0 Å². The van der Waals surface area contributed by atoms with Crippen molar-refractivity contribution in [1.82, 2.24) is 5.32 Å². The van der Waals surface area contributed by atoms with Gasteiger partial charge in [-0.2, -0.15) is 0 Å². The molecule has 0 aromatic heterocycles. The van der Waals surface area contributed by atoms with E-state index in [4.69, 9.17) is 4.74 Å². The van der Waals surface area contributed by atoms with Crippen LogP contribution in [-0.4, -0.2) is 25.8 Å². The molecule has 0 saturated carbocycles. The Bertz CT molecular complexity index is 165. The van der Waals surface area contributed by atoms with Crippen LogP contribution in [0.25, 0.3) is 0 Å². The van der Waals surface area contributed by atoms with Crippen LogP contribution < -0.4 is 5.32 Å². The van der Waals surface area contributed by atoms with Gasteiger partial charge in [0.1, 0.15) is 0 Å². The molecule has 0 aromatic rings. The minimum Gasteiger partial charge on any atom is -0.381 e. The minimum absolute atomic E-state index is 0.710. The van der Waals surface area contributed by atoms with E-state index in [9.17, 15) is 0 Å². The maximum atomic E-state index is 5.44. The van der Waals surface area contributed by atoms with Crippen molar-refractivity contribution in [2.24, 2.45) is 5.92 Å². The first-order valence-electron chi connectivity index (χ1n) is 5.41. The molecule has 2 heteroatoms. The molecule has 1 aliphatic carbocycles. The standard InChI is InChI=1S/C11H19NO/c1-2-6-11(5-1)12-8-10-4-3-7-13-9-10/h1-2,10-12H,3-9H2. The summed E-state index contributed by atoms with van der Waals surface area (Å²) in [5.74, 6) is 0.759. The van der Waals surface area contributed by atoms with E-state index in [2.05, 4.69) is 17.5 Å². The summed E-state index contributed by atoms with van der Waals surface area (Å²) in [5.41, 5.74) is 0. The Labute approximate surface area is 80.4 Å². The van der Waals surface area contributed by atoms with Crippen LogP contribution in [0.3, 0.4) is 0 Å². The van der Waals surface area contributed by atoms with E-state index in [1.54, 1.807) is 0 Å². The van der Waals surface area contributed by atoms with Crippen LogP contribution in [0.5, 0.6) is 0 Å². The molecule has 13 heavy (non-hydrogen) atoms. The Hall–Kier alpha value is -0.340. The predicted octanol–water partition coefficient (Wildman–Crippen LogP) is 1.72. The highest BCUT2D eigenvalue weighted by Crippen LogP contribution is 2.14. The Balaban J connectivity index is 1.61. The molecule has 0 radical (unpaired) electrons. The third kappa shape index (κ3) is 2.82. The Kier molecular flexibility index (Phi) is 3.39. The van der Waals surface area contributed by atoms with Crippen molar-refractivity contribution < 1.29 is 4.74 Å². The van der Waals surface area contributed by atoms with Gasteiger partial charge in [-0.25, -0.2) is 0 Å². The molecule has 1 saturated heterocycles. The molecule has 1 atom stereocenters. The van der Waals surface area contributed by atoms with Gasteiger partial charge in [0.05, 0.1) is 6.61 Å². The summed E-state index contributed by atoms with van der Waals surface area (Å²) in [6, 6.07) is 0.710. The van der Waals surface area contributed by atoms with Crippen molar-refractivity contribution in [3.63, 3.8) is 0 Å². The van der Waals surface area contributed by atoms with Crippen molar-refractivity contribution in [2.45, 2.75) is 31.7 Å². The maximum absolute atomic E-state index is 5.44.